The Morgan fingerprint density at radius 3 is 2.58 bits per heavy atom. The van der Waals surface area contributed by atoms with E-state index in [1.54, 1.807) is 0 Å². The highest BCUT2D eigenvalue weighted by Crippen LogP contribution is 2.27. The molecule has 0 aliphatic carbocycles. The Bertz CT molecular complexity index is 999. The van der Waals surface area contributed by atoms with Gasteiger partial charge in [0.25, 0.3) is 0 Å². The van der Waals surface area contributed by atoms with Gasteiger partial charge in [-0.2, -0.15) is 0 Å². The third-order valence-electron chi connectivity index (χ3n) is 4.44. The Morgan fingerprint density at radius 1 is 1.13 bits per heavy atom. The van der Waals surface area contributed by atoms with Crippen LogP contribution in [0.3, 0.4) is 0 Å². The van der Waals surface area contributed by atoms with Gasteiger partial charge in [0.2, 0.25) is 17.5 Å². The number of benzene rings is 1. The van der Waals surface area contributed by atoms with Crippen molar-refractivity contribution in [3.05, 3.63) is 58.7 Å². The summed E-state index contributed by atoms with van der Waals surface area (Å²) in [4.78, 5) is 24.0. The zero-order valence-electron chi connectivity index (χ0n) is 15.9. The molecule has 0 radical (unpaired) electrons. The van der Waals surface area contributed by atoms with Crippen LogP contribution < -0.4 is 10.2 Å². The SMILES string of the molecule is O=C(C=Cc1ccc(O)c(O)c1)O[C@@H]1[C@@H](O)[C@H](Oc2coccc2=O)O[C@H](CO)[C@H]1O. The summed E-state index contributed by atoms with van der Waals surface area (Å²) in [6, 6.07) is 4.93. The second kappa shape index (κ2) is 9.62. The molecule has 1 aromatic carbocycles. The van der Waals surface area contributed by atoms with E-state index in [4.69, 9.17) is 18.6 Å². The summed E-state index contributed by atoms with van der Waals surface area (Å²) in [6.45, 7) is -0.687. The van der Waals surface area contributed by atoms with Gasteiger partial charge in [0, 0.05) is 12.1 Å². The lowest BCUT2D eigenvalue weighted by Crippen LogP contribution is -2.61. The summed E-state index contributed by atoms with van der Waals surface area (Å²) in [5.74, 6) is -1.98. The van der Waals surface area contributed by atoms with Crippen molar-refractivity contribution >= 4 is 12.0 Å². The third-order valence-corrected chi connectivity index (χ3v) is 4.44. The van der Waals surface area contributed by atoms with E-state index in [-0.39, 0.29) is 17.2 Å². The van der Waals surface area contributed by atoms with E-state index in [0.717, 1.165) is 24.7 Å². The maximum atomic E-state index is 12.2. The number of rotatable bonds is 6. The van der Waals surface area contributed by atoms with Gasteiger partial charge in [-0.05, 0) is 23.8 Å². The second-order valence-corrected chi connectivity index (χ2v) is 6.59. The molecule has 0 spiro atoms. The molecule has 1 aliphatic rings. The fourth-order valence-corrected chi connectivity index (χ4v) is 2.82. The van der Waals surface area contributed by atoms with E-state index in [1.807, 2.05) is 0 Å². The van der Waals surface area contributed by atoms with Gasteiger partial charge in [-0.25, -0.2) is 4.79 Å². The second-order valence-electron chi connectivity index (χ2n) is 6.59. The summed E-state index contributed by atoms with van der Waals surface area (Å²) in [5.41, 5.74) is -0.201. The quantitative estimate of drug-likeness (QED) is 0.224. The summed E-state index contributed by atoms with van der Waals surface area (Å²) in [5, 5.41) is 49.0. The highest BCUT2D eigenvalue weighted by Gasteiger charge is 2.48. The van der Waals surface area contributed by atoms with E-state index in [1.165, 1.54) is 24.3 Å². The van der Waals surface area contributed by atoms with E-state index < -0.39 is 48.7 Å². The first-order chi connectivity index (χ1) is 14.8. The Kier molecular flexibility index (Phi) is 6.92. The van der Waals surface area contributed by atoms with Crippen molar-refractivity contribution in [2.75, 3.05) is 6.61 Å². The molecule has 5 N–H and O–H groups in total. The van der Waals surface area contributed by atoms with Crippen molar-refractivity contribution in [3.8, 4) is 17.2 Å². The van der Waals surface area contributed by atoms with Crippen molar-refractivity contribution in [3.63, 3.8) is 0 Å². The first-order valence-electron chi connectivity index (χ1n) is 9.06. The predicted octanol–water partition coefficient (Wildman–Crippen LogP) is -0.506. The highest BCUT2D eigenvalue weighted by molar-refractivity contribution is 5.87. The lowest BCUT2D eigenvalue weighted by Gasteiger charge is -2.40. The van der Waals surface area contributed by atoms with Gasteiger partial charge in [0.05, 0.1) is 12.9 Å². The minimum absolute atomic E-state index is 0.295. The Balaban J connectivity index is 1.73. The summed E-state index contributed by atoms with van der Waals surface area (Å²) >= 11 is 0. The number of carbonyl (C=O) groups excluding carboxylic acids is 1. The van der Waals surface area contributed by atoms with Crippen LogP contribution in [0, 0.1) is 0 Å². The minimum Gasteiger partial charge on any atom is -0.504 e. The molecule has 0 amide bonds. The van der Waals surface area contributed by atoms with Crippen LogP contribution in [0.2, 0.25) is 0 Å². The van der Waals surface area contributed by atoms with Crippen molar-refractivity contribution < 1.29 is 49.0 Å². The Hall–Kier alpha value is -3.38. The lowest BCUT2D eigenvalue weighted by atomic mass is 9.99. The topological polar surface area (TPSA) is 176 Å². The van der Waals surface area contributed by atoms with Gasteiger partial charge in [-0.15, -0.1) is 0 Å². The number of phenolic OH excluding ortho intramolecular Hbond substituents is 2. The van der Waals surface area contributed by atoms with Gasteiger partial charge < -0.3 is 44.2 Å². The summed E-state index contributed by atoms with van der Waals surface area (Å²) in [6.07, 6.45) is -3.36. The van der Waals surface area contributed by atoms with Crippen LogP contribution >= 0.6 is 0 Å². The van der Waals surface area contributed by atoms with Crippen molar-refractivity contribution in [2.45, 2.75) is 30.7 Å². The molecule has 11 heteroatoms. The van der Waals surface area contributed by atoms with Crippen LogP contribution in [0.15, 0.2) is 52.1 Å². The van der Waals surface area contributed by atoms with Gasteiger partial charge in [0.1, 0.15) is 18.5 Å². The van der Waals surface area contributed by atoms with Crippen LogP contribution in [-0.4, -0.2) is 68.8 Å². The smallest absolute Gasteiger partial charge is 0.331 e. The molecule has 1 saturated heterocycles. The van der Waals surface area contributed by atoms with E-state index in [2.05, 4.69) is 0 Å². The molecule has 0 unspecified atom stereocenters. The molecule has 2 heterocycles. The highest BCUT2D eigenvalue weighted by atomic mass is 16.7. The number of ether oxygens (including phenoxy) is 3. The minimum atomic E-state index is -1.72. The number of esters is 1. The first-order valence-corrected chi connectivity index (χ1v) is 9.06. The van der Waals surface area contributed by atoms with Gasteiger partial charge in [-0.1, -0.05) is 6.07 Å². The van der Waals surface area contributed by atoms with Crippen LogP contribution in [0.25, 0.3) is 6.08 Å². The molecule has 0 saturated carbocycles. The fourth-order valence-electron chi connectivity index (χ4n) is 2.82. The van der Waals surface area contributed by atoms with Gasteiger partial charge in [-0.3, -0.25) is 4.79 Å². The molecular formula is C20H20O11. The molecule has 0 bridgehead atoms. The average Bonchev–Trinajstić information content (AvgIpc) is 2.75. The lowest BCUT2D eigenvalue weighted by molar-refractivity contribution is -0.280. The molecule has 11 nitrogen and oxygen atoms in total. The Morgan fingerprint density at radius 2 is 1.90 bits per heavy atom. The molecule has 2 aromatic rings. The molecule has 31 heavy (non-hydrogen) atoms. The fraction of sp³-hybridized carbons (Fsp3) is 0.300. The summed E-state index contributed by atoms with van der Waals surface area (Å²) < 4.78 is 20.5. The monoisotopic (exact) mass is 436 g/mol. The number of aliphatic hydroxyl groups excluding tert-OH is 3. The molecule has 166 valence electrons. The maximum absolute atomic E-state index is 12.2. The zero-order valence-corrected chi connectivity index (χ0v) is 15.9. The van der Waals surface area contributed by atoms with Crippen LogP contribution in [0.4, 0.5) is 0 Å². The number of aliphatic hydroxyl groups is 3. The van der Waals surface area contributed by atoms with Crippen LogP contribution in [0.1, 0.15) is 5.56 Å². The van der Waals surface area contributed by atoms with Crippen molar-refractivity contribution in [2.24, 2.45) is 0 Å². The number of carbonyl (C=O) groups is 1. The van der Waals surface area contributed by atoms with E-state index in [9.17, 15) is 35.1 Å². The Labute approximate surface area is 175 Å². The molecule has 3 rings (SSSR count). The van der Waals surface area contributed by atoms with Crippen molar-refractivity contribution in [1.29, 1.82) is 0 Å². The van der Waals surface area contributed by atoms with Crippen LogP contribution in [0.5, 0.6) is 17.2 Å². The largest absolute Gasteiger partial charge is 0.504 e. The molecule has 1 aromatic heterocycles. The molecular weight excluding hydrogens is 416 g/mol. The van der Waals surface area contributed by atoms with Gasteiger partial charge in [0.15, 0.2) is 23.7 Å². The third kappa shape index (κ3) is 5.22. The number of phenols is 2. The van der Waals surface area contributed by atoms with E-state index in [0.29, 0.717) is 5.56 Å². The standard InChI is InChI=1S/C20H20O11/c21-8-14-17(26)19(18(27)20(29-14)30-15-9-28-6-5-12(15)23)31-16(25)4-2-10-1-3-11(22)13(24)7-10/h1-7,9,14,17-22,24,26-27H,8H2/t14-,17-,18-,19+,20+/m1/s1. The number of hydrogen-bond acceptors (Lipinski definition) is 11. The molecule has 5 atom stereocenters. The zero-order chi connectivity index (χ0) is 22.5. The number of aromatic hydroxyl groups is 2. The first kappa shape index (κ1) is 22.3. The van der Waals surface area contributed by atoms with Crippen LogP contribution in [-0.2, 0) is 14.3 Å². The average molecular weight is 436 g/mol. The van der Waals surface area contributed by atoms with Crippen molar-refractivity contribution in [1.82, 2.24) is 0 Å². The van der Waals surface area contributed by atoms with E-state index >= 15 is 0 Å². The number of hydrogen-bond donors (Lipinski definition) is 5. The normalized spacial score (nSPS) is 26.0. The maximum Gasteiger partial charge on any atom is 0.331 e. The molecule has 1 fully saturated rings. The molecule has 1 aliphatic heterocycles. The predicted molar refractivity (Wildman–Crippen MR) is 102 cm³/mol. The summed E-state index contributed by atoms with van der Waals surface area (Å²) in [7, 11) is 0. The van der Waals surface area contributed by atoms with Gasteiger partial charge >= 0.3 is 5.97 Å².